The van der Waals surface area contributed by atoms with Crippen LogP contribution in [-0.4, -0.2) is 21.2 Å². The summed E-state index contributed by atoms with van der Waals surface area (Å²) in [4.78, 5) is 4.10. The molecule has 5 nitrogen and oxygen atoms in total. The molecule has 0 bridgehead atoms. The van der Waals surface area contributed by atoms with Crippen molar-refractivity contribution in [2.24, 2.45) is 4.99 Å². The van der Waals surface area contributed by atoms with E-state index in [1.165, 1.54) is 0 Å². The van der Waals surface area contributed by atoms with Gasteiger partial charge in [-0.3, -0.25) is 15.8 Å². The predicted molar refractivity (Wildman–Crippen MR) is 50.2 cm³/mol. The second-order valence-corrected chi connectivity index (χ2v) is 2.83. The number of aliphatic imine (C=N–C) groups is 1. The number of H-pyrrole nitrogens is 1. The molecule has 0 saturated heterocycles. The fourth-order valence-electron chi connectivity index (χ4n) is 0.973. The summed E-state index contributed by atoms with van der Waals surface area (Å²) in [6, 6.07) is 1.81. The van der Waals surface area contributed by atoms with Crippen molar-refractivity contribution in [2.45, 2.75) is 26.7 Å². The number of aromatic amines is 1. The minimum absolute atomic E-state index is 0.536. The van der Waals surface area contributed by atoms with E-state index >= 15 is 0 Å². The van der Waals surface area contributed by atoms with Gasteiger partial charge in [-0.2, -0.15) is 5.10 Å². The molecule has 72 valence electrons. The zero-order valence-corrected chi connectivity index (χ0v) is 7.83. The molecule has 0 aliphatic rings. The highest BCUT2D eigenvalue weighted by Crippen LogP contribution is 2.08. The zero-order valence-electron chi connectivity index (χ0n) is 7.83. The third kappa shape index (κ3) is 2.87. The van der Waals surface area contributed by atoms with Crippen LogP contribution in [-0.2, 0) is 0 Å². The second-order valence-electron chi connectivity index (χ2n) is 2.83. The summed E-state index contributed by atoms with van der Waals surface area (Å²) in [6.07, 6.45) is 1.64. The molecule has 0 amide bonds. The molecule has 0 aliphatic heterocycles. The molecule has 0 aliphatic carbocycles. The highest BCUT2D eigenvalue weighted by atomic mass is 16.5. The monoisotopic (exact) mass is 182 g/mol. The van der Waals surface area contributed by atoms with E-state index in [1.807, 2.05) is 19.9 Å². The lowest BCUT2D eigenvalue weighted by molar-refractivity contribution is 0.231. The van der Waals surface area contributed by atoms with Crippen molar-refractivity contribution >= 4 is 11.7 Å². The van der Waals surface area contributed by atoms with Crippen molar-refractivity contribution < 1.29 is 5.21 Å². The average molecular weight is 182 g/mol. The second kappa shape index (κ2) is 4.61. The maximum Gasteiger partial charge on any atom is 0.175 e. The smallest absolute Gasteiger partial charge is 0.175 e. The van der Waals surface area contributed by atoms with E-state index in [1.54, 1.807) is 0 Å². The van der Waals surface area contributed by atoms with Crippen molar-refractivity contribution in [1.82, 2.24) is 15.7 Å². The first-order valence-electron chi connectivity index (χ1n) is 4.26. The van der Waals surface area contributed by atoms with Crippen LogP contribution < -0.4 is 5.48 Å². The summed E-state index contributed by atoms with van der Waals surface area (Å²) in [6.45, 7) is 3.92. The minimum atomic E-state index is 0.536. The molecular weight excluding hydrogens is 168 g/mol. The van der Waals surface area contributed by atoms with Crippen LogP contribution in [0.5, 0.6) is 0 Å². The fraction of sp³-hybridized carbons (Fsp3) is 0.500. The van der Waals surface area contributed by atoms with Crippen LogP contribution in [0.15, 0.2) is 11.1 Å². The van der Waals surface area contributed by atoms with Crippen molar-refractivity contribution in [1.29, 1.82) is 0 Å². The summed E-state index contributed by atoms with van der Waals surface area (Å²) in [7, 11) is 0. The van der Waals surface area contributed by atoms with Crippen molar-refractivity contribution in [3.8, 4) is 0 Å². The fourth-order valence-corrected chi connectivity index (χ4v) is 0.973. The molecule has 0 aromatic carbocycles. The number of aromatic nitrogens is 2. The molecule has 3 N–H and O–H groups in total. The number of amidine groups is 1. The summed E-state index contributed by atoms with van der Waals surface area (Å²) in [5.41, 5.74) is 3.01. The summed E-state index contributed by atoms with van der Waals surface area (Å²) >= 11 is 0. The van der Waals surface area contributed by atoms with Crippen LogP contribution in [0.3, 0.4) is 0 Å². The van der Waals surface area contributed by atoms with Gasteiger partial charge >= 0.3 is 0 Å². The molecule has 1 aromatic rings. The molecule has 0 atom stereocenters. The number of hydroxylamine groups is 1. The predicted octanol–water partition coefficient (Wildman–Crippen LogP) is 1.53. The Balaban J connectivity index is 2.72. The van der Waals surface area contributed by atoms with Crippen LogP contribution in [0.25, 0.3) is 0 Å². The van der Waals surface area contributed by atoms with Crippen LogP contribution in [0, 0.1) is 6.92 Å². The molecule has 1 rings (SSSR count). The standard InChI is InChI=1S/C8H14N4O/c1-3-4-7(12-13)9-8-5-6(2)10-11-8/h5,13H,3-4H2,1-2H3,(H2,9,10,11,12). The van der Waals surface area contributed by atoms with E-state index in [9.17, 15) is 0 Å². The molecule has 1 aromatic heterocycles. The van der Waals surface area contributed by atoms with E-state index < -0.39 is 0 Å². The summed E-state index contributed by atoms with van der Waals surface area (Å²) < 4.78 is 0. The van der Waals surface area contributed by atoms with Crippen molar-refractivity contribution in [2.75, 3.05) is 0 Å². The third-order valence-corrected chi connectivity index (χ3v) is 1.56. The van der Waals surface area contributed by atoms with Gasteiger partial charge in [-0.05, 0) is 13.3 Å². The van der Waals surface area contributed by atoms with Gasteiger partial charge in [0.2, 0.25) is 0 Å². The van der Waals surface area contributed by atoms with Gasteiger partial charge in [-0.1, -0.05) is 6.92 Å². The van der Waals surface area contributed by atoms with Gasteiger partial charge in [0.05, 0.1) is 0 Å². The van der Waals surface area contributed by atoms with Crippen LogP contribution in [0.1, 0.15) is 25.5 Å². The van der Waals surface area contributed by atoms with Gasteiger partial charge in [0, 0.05) is 18.2 Å². The van der Waals surface area contributed by atoms with E-state index in [-0.39, 0.29) is 0 Å². The van der Waals surface area contributed by atoms with E-state index in [0.717, 1.165) is 12.1 Å². The molecule has 13 heavy (non-hydrogen) atoms. The van der Waals surface area contributed by atoms with Gasteiger partial charge in [0.15, 0.2) is 5.82 Å². The normalized spacial score (nSPS) is 11.8. The number of rotatable bonds is 3. The molecule has 0 unspecified atom stereocenters. The van der Waals surface area contributed by atoms with Gasteiger partial charge in [0.1, 0.15) is 5.84 Å². The maximum absolute atomic E-state index is 8.71. The van der Waals surface area contributed by atoms with E-state index in [0.29, 0.717) is 18.1 Å². The SMILES string of the molecule is CCCC(=Nc1cc(C)[nH]n1)NO. The maximum atomic E-state index is 8.71. The Labute approximate surface area is 76.8 Å². The molecule has 1 heterocycles. The Kier molecular flexibility index (Phi) is 3.45. The van der Waals surface area contributed by atoms with Gasteiger partial charge in [-0.15, -0.1) is 0 Å². The Morgan fingerprint density at radius 2 is 2.54 bits per heavy atom. The van der Waals surface area contributed by atoms with E-state index in [4.69, 9.17) is 5.21 Å². The van der Waals surface area contributed by atoms with E-state index in [2.05, 4.69) is 20.7 Å². The molecule has 0 fully saturated rings. The number of nitrogens with zero attached hydrogens (tertiary/aromatic N) is 2. The first kappa shape index (κ1) is 9.73. The van der Waals surface area contributed by atoms with Crippen LogP contribution in [0.2, 0.25) is 0 Å². The number of aryl methyl sites for hydroxylation is 1. The first-order chi connectivity index (χ1) is 6.26. The topological polar surface area (TPSA) is 73.3 Å². The van der Waals surface area contributed by atoms with Crippen LogP contribution in [0.4, 0.5) is 5.82 Å². The van der Waals surface area contributed by atoms with Gasteiger partial charge in [-0.25, -0.2) is 4.99 Å². The number of hydrogen-bond donors (Lipinski definition) is 3. The Morgan fingerprint density at radius 3 is 3.00 bits per heavy atom. The third-order valence-electron chi connectivity index (χ3n) is 1.56. The number of nitrogens with one attached hydrogen (secondary N) is 2. The van der Waals surface area contributed by atoms with Gasteiger partial charge in [0.25, 0.3) is 0 Å². The molecule has 0 saturated carbocycles. The number of hydrogen-bond acceptors (Lipinski definition) is 3. The van der Waals surface area contributed by atoms with Crippen LogP contribution >= 0.6 is 0 Å². The Hall–Kier alpha value is -1.36. The first-order valence-corrected chi connectivity index (χ1v) is 4.26. The van der Waals surface area contributed by atoms with Crippen molar-refractivity contribution in [3.63, 3.8) is 0 Å². The molecule has 0 radical (unpaired) electrons. The average Bonchev–Trinajstić information content (AvgIpc) is 2.50. The summed E-state index contributed by atoms with van der Waals surface area (Å²) in [5.74, 6) is 1.12. The Morgan fingerprint density at radius 1 is 1.77 bits per heavy atom. The lowest BCUT2D eigenvalue weighted by atomic mass is 10.3. The largest absolute Gasteiger partial charge is 0.290 e. The highest BCUT2D eigenvalue weighted by molar-refractivity contribution is 5.83. The molecule has 5 heteroatoms. The lowest BCUT2D eigenvalue weighted by Crippen LogP contribution is -2.18. The highest BCUT2D eigenvalue weighted by Gasteiger charge is 1.98. The van der Waals surface area contributed by atoms with Gasteiger partial charge < -0.3 is 0 Å². The quantitative estimate of drug-likeness (QED) is 0.377. The molecular formula is C8H14N4O. The Bertz CT molecular complexity index is 292. The zero-order chi connectivity index (χ0) is 9.68. The lowest BCUT2D eigenvalue weighted by Gasteiger charge is -1.99. The minimum Gasteiger partial charge on any atom is -0.290 e. The summed E-state index contributed by atoms with van der Waals surface area (Å²) in [5, 5.41) is 15.4. The van der Waals surface area contributed by atoms with Crippen molar-refractivity contribution in [3.05, 3.63) is 11.8 Å². The molecule has 0 spiro atoms.